The fraction of sp³-hybridized carbons (Fsp3) is 0.125. The summed E-state index contributed by atoms with van der Waals surface area (Å²) in [6.45, 7) is 0. The lowest BCUT2D eigenvalue weighted by Gasteiger charge is -2.10. The van der Waals surface area contributed by atoms with Gasteiger partial charge in [-0.3, -0.25) is 0 Å². The van der Waals surface area contributed by atoms with E-state index in [-0.39, 0.29) is 0 Å². The maximum absolute atomic E-state index is 2.30. The van der Waals surface area contributed by atoms with Crippen LogP contribution in [0.1, 0.15) is 0 Å². The highest BCUT2D eigenvalue weighted by Gasteiger charge is 2.20. The number of rotatable bonds is 2. The second-order valence-corrected chi connectivity index (χ2v) is 11.1. The summed E-state index contributed by atoms with van der Waals surface area (Å²) in [4.78, 5) is 2.83. The van der Waals surface area contributed by atoms with Gasteiger partial charge >= 0.3 is 0 Å². The number of hydrogen-bond donors (Lipinski definition) is 0. The zero-order chi connectivity index (χ0) is 14.8. The van der Waals surface area contributed by atoms with Crippen molar-refractivity contribution in [3.8, 4) is 0 Å². The average molecular weight is 395 g/mol. The molecule has 0 fully saturated rings. The molecule has 0 aliphatic rings. The Kier molecular flexibility index (Phi) is 3.29. The van der Waals surface area contributed by atoms with Crippen LogP contribution in [0.2, 0.25) is 0 Å². The van der Waals surface area contributed by atoms with Crippen molar-refractivity contribution in [2.75, 3.05) is 12.5 Å². The Morgan fingerprint density at radius 1 is 0.591 bits per heavy atom. The summed E-state index contributed by atoms with van der Waals surface area (Å²) in [5.41, 5.74) is 0. The molecule has 0 amide bonds. The minimum absolute atomic E-state index is 1.41. The van der Waals surface area contributed by atoms with E-state index in [0.29, 0.717) is 0 Å². The van der Waals surface area contributed by atoms with Gasteiger partial charge in [0, 0.05) is 40.7 Å². The highest BCUT2D eigenvalue weighted by atomic mass is 32.9. The summed E-state index contributed by atoms with van der Waals surface area (Å²) in [5.74, 6) is 0. The Bertz CT molecular complexity index is 1060. The van der Waals surface area contributed by atoms with Gasteiger partial charge in [-0.05, 0) is 36.8 Å². The van der Waals surface area contributed by atoms with E-state index < -0.39 is 0 Å². The predicted molar refractivity (Wildman–Crippen MR) is 112 cm³/mol. The van der Waals surface area contributed by atoms with Crippen LogP contribution in [0, 0.1) is 0 Å². The molecular formula is C16H10S6. The predicted octanol–water partition coefficient (Wildman–Crippen LogP) is 7.99. The van der Waals surface area contributed by atoms with Crippen LogP contribution in [0.4, 0.5) is 0 Å². The van der Waals surface area contributed by atoms with Crippen LogP contribution in [-0.2, 0) is 0 Å². The third-order valence-electron chi connectivity index (χ3n) is 4.04. The molecule has 0 saturated carbocycles. The zero-order valence-electron chi connectivity index (χ0n) is 11.8. The molecule has 5 aromatic rings. The van der Waals surface area contributed by atoms with E-state index in [1.165, 1.54) is 50.1 Å². The van der Waals surface area contributed by atoms with Crippen molar-refractivity contribution in [1.82, 2.24) is 0 Å². The number of benzene rings is 3. The van der Waals surface area contributed by atoms with Gasteiger partial charge < -0.3 is 0 Å². The third-order valence-corrected chi connectivity index (χ3v) is 10.5. The van der Waals surface area contributed by atoms with Gasteiger partial charge in [-0.25, -0.2) is 0 Å². The molecule has 2 heterocycles. The monoisotopic (exact) mass is 394 g/mol. The molecule has 22 heavy (non-hydrogen) atoms. The van der Waals surface area contributed by atoms with Crippen molar-refractivity contribution >= 4 is 105 Å². The van der Waals surface area contributed by atoms with Crippen LogP contribution in [-0.4, -0.2) is 12.5 Å². The van der Waals surface area contributed by atoms with Gasteiger partial charge in [0.25, 0.3) is 0 Å². The third kappa shape index (κ3) is 1.71. The Balaban J connectivity index is 2.23. The Hall–Kier alpha value is -0.240. The van der Waals surface area contributed by atoms with Crippen LogP contribution in [0.25, 0.3) is 40.3 Å². The van der Waals surface area contributed by atoms with Gasteiger partial charge in [-0.2, -0.15) is 0 Å². The van der Waals surface area contributed by atoms with Crippen molar-refractivity contribution in [2.45, 2.75) is 9.79 Å². The SMILES string of the molecule is CSc1ccc2ssc3c4c(SC)ccc5ssc(c1c23)c54. The molecule has 0 nitrogen and oxygen atoms in total. The van der Waals surface area contributed by atoms with E-state index in [1.807, 2.05) is 64.9 Å². The molecule has 110 valence electrons. The topological polar surface area (TPSA) is 0 Å². The summed E-state index contributed by atoms with van der Waals surface area (Å²) in [6, 6.07) is 9.20. The van der Waals surface area contributed by atoms with E-state index in [0.717, 1.165) is 0 Å². The highest BCUT2D eigenvalue weighted by Crippen LogP contribution is 2.52. The minimum atomic E-state index is 1.41. The zero-order valence-corrected chi connectivity index (χ0v) is 16.7. The summed E-state index contributed by atoms with van der Waals surface area (Å²) in [7, 11) is 7.73. The largest absolute Gasteiger partial charge is 0.129 e. The summed E-state index contributed by atoms with van der Waals surface area (Å²) in [5, 5.41) is 5.96. The van der Waals surface area contributed by atoms with Gasteiger partial charge in [0.1, 0.15) is 0 Å². The lowest BCUT2D eigenvalue weighted by molar-refractivity contribution is 1.60. The molecule has 3 aromatic carbocycles. The smallest absolute Gasteiger partial charge is 0.0561 e. The van der Waals surface area contributed by atoms with E-state index in [9.17, 15) is 0 Å². The van der Waals surface area contributed by atoms with Crippen LogP contribution in [0.15, 0.2) is 34.1 Å². The molecule has 6 heteroatoms. The van der Waals surface area contributed by atoms with E-state index in [4.69, 9.17) is 0 Å². The molecule has 0 radical (unpaired) electrons. The molecule has 0 N–H and O–H groups in total. The van der Waals surface area contributed by atoms with Crippen LogP contribution >= 0.6 is 64.9 Å². The quantitative estimate of drug-likeness (QED) is 0.169. The van der Waals surface area contributed by atoms with Crippen LogP contribution < -0.4 is 0 Å². The first kappa shape index (κ1) is 14.1. The van der Waals surface area contributed by atoms with E-state index >= 15 is 0 Å². The molecule has 0 atom stereocenters. The lowest BCUT2D eigenvalue weighted by Crippen LogP contribution is -1.83. The molecule has 5 rings (SSSR count). The normalized spacial score (nSPS) is 12.5. The van der Waals surface area contributed by atoms with Gasteiger partial charge in [0.05, 0.1) is 9.40 Å². The number of fused-ring (bicyclic) bond motifs is 2. The molecule has 2 aromatic heterocycles. The Labute approximate surface area is 150 Å². The second kappa shape index (κ2) is 5.13. The van der Waals surface area contributed by atoms with Gasteiger partial charge in [0.15, 0.2) is 0 Å². The van der Waals surface area contributed by atoms with E-state index in [2.05, 4.69) is 36.8 Å². The van der Waals surface area contributed by atoms with Crippen molar-refractivity contribution in [3.05, 3.63) is 24.3 Å². The van der Waals surface area contributed by atoms with Crippen molar-refractivity contribution in [3.63, 3.8) is 0 Å². The van der Waals surface area contributed by atoms with Gasteiger partial charge in [-0.15, -0.1) is 23.5 Å². The molecule has 0 aliphatic carbocycles. The summed E-state index contributed by atoms with van der Waals surface area (Å²) in [6.07, 6.45) is 4.38. The molecule has 0 aliphatic heterocycles. The highest BCUT2D eigenvalue weighted by molar-refractivity contribution is 7.99. The van der Waals surface area contributed by atoms with Crippen LogP contribution in [0.3, 0.4) is 0 Å². The van der Waals surface area contributed by atoms with Gasteiger partial charge in [-0.1, -0.05) is 41.4 Å². The standard InChI is InChI=1S/C16H10S6/c1-17-7-3-5-9-13-11(7)15-14-10(20-21-15)6-4-8(18-2)12(14)16(13)22-19-9/h3-6H,1-2H3. The fourth-order valence-electron chi connectivity index (χ4n) is 3.10. The first-order valence-corrected chi connectivity index (χ1v) is 13.4. The number of hydrogen-bond acceptors (Lipinski definition) is 6. The first-order chi connectivity index (χ1) is 10.8. The van der Waals surface area contributed by atoms with Crippen molar-refractivity contribution in [1.29, 1.82) is 0 Å². The minimum Gasteiger partial charge on any atom is -0.129 e. The summed E-state index contributed by atoms with van der Waals surface area (Å²) >= 11 is 3.74. The van der Waals surface area contributed by atoms with Crippen LogP contribution in [0.5, 0.6) is 0 Å². The molecule has 0 saturated heterocycles. The average Bonchev–Trinajstić information content (AvgIpc) is 3.17. The van der Waals surface area contributed by atoms with Gasteiger partial charge in [0.2, 0.25) is 0 Å². The van der Waals surface area contributed by atoms with E-state index in [1.54, 1.807) is 0 Å². The maximum Gasteiger partial charge on any atom is 0.0561 e. The summed E-state index contributed by atoms with van der Waals surface area (Å²) < 4.78 is 5.83. The lowest BCUT2D eigenvalue weighted by atomic mass is 10.0. The molecule has 0 spiro atoms. The molecule has 0 bridgehead atoms. The number of thioether (sulfide) groups is 2. The molecular weight excluding hydrogens is 385 g/mol. The Morgan fingerprint density at radius 3 is 1.45 bits per heavy atom. The fourth-order valence-corrected chi connectivity index (χ4v) is 9.80. The first-order valence-electron chi connectivity index (χ1n) is 6.70. The van der Waals surface area contributed by atoms with Crippen molar-refractivity contribution in [2.24, 2.45) is 0 Å². The second-order valence-electron chi connectivity index (χ2n) is 5.02. The maximum atomic E-state index is 2.30. The molecule has 0 unspecified atom stereocenters. The van der Waals surface area contributed by atoms with Crippen molar-refractivity contribution < 1.29 is 0 Å². The Morgan fingerprint density at radius 2 is 1.05 bits per heavy atom.